The molecule has 0 aliphatic carbocycles. The molecule has 0 fully saturated rings. The minimum atomic E-state index is 0.747. The second-order valence-electron chi connectivity index (χ2n) is 5.23. The first-order chi connectivity index (χ1) is 10.2. The summed E-state index contributed by atoms with van der Waals surface area (Å²) in [7, 11) is 1.91. The first-order valence-corrected chi connectivity index (χ1v) is 7.94. The summed E-state index contributed by atoms with van der Waals surface area (Å²) in [6.07, 6.45) is 1.89. The zero-order chi connectivity index (χ0) is 14.8. The molecular formula is C17H19N3S. The molecule has 0 bridgehead atoms. The minimum absolute atomic E-state index is 0.747. The average Bonchev–Trinajstić information content (AvgIpc) is 3.08. The number of nitrogens with two attached hydrogens (primary N) is 1. The lowest BCUT2D eigenvalue weighted by molar-refractivity contribution is 0.745. The van der Waals surface area contributed by atoms with Crippen molar-refractivity contribution in [3.8, 4) is 10.4 Å². The zero-order valence-electron chi connectivity index (χ0n) is 12.3. The molecule has 1 aromatic carbocycles. The van der Waals surface area contributed by atoms with Gasteiger partial charge in [-0.25, -0.2) is 0 Å². The summed E-state index contributed by atoms with van der Waals surface area (Å²) in [6, 6.07) is 12.7. The predicted octanol–water partition coefficient (Wildman–Crippen LogP) is 3.82. The molecule has 0 radical (unpaired) electrons. The Morgan fingerprint density at radius 3 is 2.67 bits per heavy atom. The van der Waals surface area contributed by atoms with Gasteiger partial charge in [-0.15, -0.1) is 11.3 Å². The van der Waals surface area contributed by atoms with Gasteiger partial charge in [-0.2, -0.15) is 5.10 Å². The highest BCUT2D eigenvalue weighted by Crippen LogP contribution is 2.33. The molecule has 108 valence electrons. The van der Waals surface area contributed by atoms with Crippen molar-refractivity contribution < 1.29 is 0 Å². The summed E-state index contributed by atoms with van der Waals surface area (Å²) in [5.74, 6) is 0.747. The maximum Gasteiger partial charge on any atom is 0.130 e. The number of thiophene rings is 1. The number of aromatic nitrogens is 2. The van der Waals surface area contributed by atoms with Gasteiger partial charge >= 0.3 is 0 Å². The Bertz CT molecular complexity index is 741. The van der Waals surface area contributed by atoms with E-state index in [9.17, 15) is 0 Å². The fraction of sp³-hybridized carbons (Fsp3) is 0.235. The van der Waals surface area contributed by atoms with Crippen molar-refractivity contribution in [1.29, 1.82) is 0 Å². The summed E-state index contributed by atoms with van der Waals surface area (Å²) in [4.78, 5) is 1.19. The molecule has 0 spiro atoms. The topological polar surface area (TPSA) is 43.8 Å². The number of rotatable bonds is 4. The molecule has 0 aliphatic heterocycles. The SMILES string of the molecule is Cc1ccccc1CCc1nn(C)c(N)c1-c1cccs1. The van der Waals surface area contributed by atoms with Crippen molar-refractivity contribution in [2.24, 2.45) is 7.05 Å². The molecule has 3 nitrogen and oxygen atoms in total. The van der Waals surface area contributed by atoms with Gasteiger partial charge in [0, 0.05) is 11.9 Å². The van der Waals surface area contributed by atoms with Crippen LogP contribution in [0.5, 0.6) is 0 Å². The van der Waals surface area contributed by atoms with E-state index in [0.717, 1.165) is 29.9 Å². The highest BCUT2D eigenvalue weighted by Gasteiger charge is 2.16. The Hall–Kier alpha value is -2.07. The standard InChI is InChI=1S/C17H19N3S/c1-12-6-3-4-7-13(12)9-10-14-16(15-8-5-11-21-15)17(18)20(2)19-14/h3-8,11H,9-10,18H2,1-2H3. The van der Waals surface area contributed by atoms with Gasteiger partial charge < -0.3 is 5.73 Å². The largest absolute Gasteiger partial charge is 0.383 e. The van der Waals surface area contributed by atoms with E-state index in [2.05, 4.69) is 53.8 Å². The highest BCUT2D eigenvalue weighted by molar-refractivity contribution is 7.13. The fourth-order valence-corrected chi connectivity index (χ4v) is 3.40. The van der Waals surface area contributed by atoms with Gasteiger partial charge in [0.2, 0.25) is 0 Å². The third-order valence-electron chi connectivity index (χ3n) is 3.82. The second-order valence-corrected chi connectivity index (χ2v) is 6.18. The predicted molar refractivity (Wildman–Crippen MR) is 89.5 cm³/mol. The van der Waals surface area contributed by atoms with Crippen molar-refractivity contribution in [1.82, 2.24) is 9.78 Å². The van der Waals surface area contributed by atoms with Gasteiger partial charge in [0.25, 0.3) is 0 Å². The molecule has 3 rings (SSSR count). The lowest BCUT2D eigenvalue weighted by Gasteiger charge is -2.05. The molecule has 3 aromatic rings. The number of benzene rings is 1. The Kier molecular flexibility index (Phi) is 3.80. The van der Waals surface area contributed by atoms with E-state index in [1.54, 1.807) is 16.0 Å². The average molecular weight is 297 g/mol. The van der Waals surface area contributed by atoms with E-state index in [4.69, 9.17) is 5.73 Å². The monoisotopic (exact) mass is 297 g/mol. The second kappa shape index (κ2) is 5.74. The van der Waals surface area contributed by atoms with Crippen molar-refractivity contribution in [2.45, 2.75) is 19.8 Å². The molecule has 2 aromatic heterocycles. The fourth-order valence-electron chi connectivity index (χ4n) is 2.60. The van der Waals surface area contributed by atoms with E-state index in [1.807, 2.05) is 7.05 Å². The van der Waals surface area contributed by atoms with Crippen LogP contribution in [0, 0.1) is 6.92 Å². The number of hydrogen-bond acceptors (Lipinski definition) is 3. The molecule has 21 heavy (non-hydrogen) atoms. The van der Waals surface area contributed by atoms with Crippen molar-refractivity contribution >= 4 is 17.2 Å². The molecule has 2 heterocycles. The van der Waals surface area contributed by atoms with Crippen LogP contribution in [0.2, 0.25) is 0 Å². The summed E-state index contributed by atoms with van der Waals surface area (Å²) >= 11 is 1.71. The maximum absolute atomic E-state index is 6.20. The third kappa shape index (κ3) is 2.72. The minimum Gasteiger partial charge on any atom is -0.383 e. The van der Waals surface area contributed by atoms with Gasteiger partial charge in [0.05, 0.1) is 11.3 Å². The van der Waals surface area contributed by atoms with Crippen LogP contribution in [0.3, 0.4) is 0 Å². The summed E-state index contributed by atoms with van der Waals surface area (Å²) in [5.41, 5.74) is 11.1. The van der Waals surface area contributed by atoms with Crippen molar-refractivity contribution in [3.63, 3.8) is 0 Å². The highest BCUT2D eigenvalue weighted by atomic mass is 32.1. The van der Waals surface area contributed by atoms with E-state index in [0.29, 0.717) is 0 Å². The van der Waals surface area contributed by atoms with Crippen LogP contribution in [0.25, 0.3) is 10.4 Å². The zero-order valence-corrected chi connectivity index (χ0v) is 13.2. The quantitative estimate of drug-likeness (QED) is 0.795. The van der Waals surface area contributed by atoms with Crippen molar-refractivity contribution in [3.05, 3.63) is 58.6 Å². The number of aryl methyl sites for hydroxylation is 4. The van der Waals surface area contributed by atoms with Crippen LogP contribution < -0.4 is 5.73 Å². The van der Waals surface area contributed by atoms with Crippen LogP contribution >= 0.6 is 11.3 Å². The first kappa shape index (κ1) is 13.9. The van der Waals surface area contributed by atoms with Crippen LogP contribution in [0.15, 0.2) is 41.8 Å². The normalized spacial score (nSPS) is 11.0. The number of nitrogen functional groups attached to an aromatic ring is 1. The van der Waals surface area contributed by atoms with E-state index < -0.39 is 0 Å². The lowest BCUT2D eigenvalue weighted by atomic mass is 10.0. The van der Waals surface area contributed by atoms with Crippen LogP contribution in [0.4, 0.5) is 5.82 Å². The molecule has 0 unspecified atom stereocenters. The van der Waals surface area contributed by atoms with Gasteiger partial charge in [-0.3, -0.25) is 4.68 Å². The molecule has 0 saturated heterocycles. The number of nitrogens with zero attached hydrogens (tertiary/aromatic N) is 2. The van der Waals surface area contributed by atoms with Gasteiger partial charge in [-0.1, -0.05) is 30.3 Å². The Labute approximate surface area is 129 Å². The van der Waals surface area contributed by atoms with Crippen molar-refractivity contribution in [2.75, 3.05) is 5.73 Å². The van der Waals surface area contributed by atoms with E-state index >= 15 is 0 Å². The third-order valence-corrected chi connectivity index (χ3v) is 4.71. The molecule has 0 aliphatic rings. The van der Waals surface area contributed by atoms with Gasteiger partial charge in [-0.05, 0) is 42.3 Å². The lowest BCUT2D eigenvalue weighted by Crippen LogP contribution is -1.98. The molecule has 0 saturated carbocycles. The summed E-state index contributed by atoms with van der Waals surface area (Å²) in [5, 5.41) is 6.69. The molecular weight excluding hydrogens is 278 g/mol. The van der Waals surface area contributed by atoms with Gasteiger partial charge in [0.15, 0.2) is 0 Å². The Balaban J connectivity index is 1.90. The van der Waals surface area contributed by atoms with Gasteiger partial charge in [0.1, 0.15) is 5.82 Å². The smallest absolute Gasteiger partial charge is 0.130 e. The van der Waals surface area contributed by atoms with E-state index in [-0.39, 0.29) is 0 Å². The molecule has 4 heteroatoms. The van der Waals surface area contributed by atoms with Crippen LogP contribution in [-0.2, 0) is 19.9 Å². The van der Waals surface area contributed by atoms with Crippen LogP contribution in [-0.4, -0.2) is 9.78 Å². The molecule has 0 atom stereocenters. The molecule has 0 amide bonds. The maximum atomic E-state index is 6.20. The van der Waals surface area contributed by atoms with Crippen LogP contribution in [0.1, 0.15) is 16.8 Å². The number of anilines is 1. The van der Waals surface area contributed by atoms with E-state index in [1.165, 1.54) is 16.0 Å². The Morgan fingerprint density at radius 1 is 1.14 bits per heavy atom. The Morgan fingerprint density at radius 2 is 1.95 bits per heavy atom. The summed E-state index contributed by atoms with van der Waals surface area (Å²) < 4.78 is 1.78. The first-order valence-electron chi connectivity index (χ1n) is 7.06. The number of hydrogen-bond donors (Lipinski definition) is 1. The molecule has 2 N–H and O–H groups in total. The summed E-state index contributed by atoms with van der Waals surface area (Å²) in [6.45, 7) is 2.16.